The molecule has 0 radical (unpaired) electrons. The molecule has 0 saturated carbocycles. The van der Waals surface area contributed by atoms with E-state index in [9.17, 15) is 36.2 Å². The molecule has 2 amide bonds. The molecule has 198 valence electrons. The summed E-state index contributed by atoms with van der Waals surface area (Å²) in [6, 6.07) is 5.48. The van der Waals surface area contributed by atoms with E-state index < -0.39 is 42.4 Å². The number of halogens is 6. The zero-order valence-electron chi connectivity index (χ0n) is 19.5. The minimum atomic E-state index is -5.80. The molecule has 0 spiro atoms. The van der Waals surface area contributed by atoms with E-state index in [4.69, 9.17) is 0 Å². The molecule has 13 heteroatoms. The van der Waals surface area contributed by atoms with E-state index in [-0.39, 0.29) is 12.5 Å². The van der Waals surface area contributed by atoms with Gasteiger partial charge in [0.1, 0.15) is 24.0 Å². The van der Waals surface area contributed by atoms with Gasteiger partial charge in [-0.3, -0.25) is 9.58 Å². The molecular formula is C24H23F6N5O2. The molecule has 4 rings (SSSR count). The monoisotopic (exact) mass is 527 g/mol. The molecule has 1 aromatic carbocycles. The number of allylic oxidation sites excluding steroid dienone is 1. The summed E-state index contributed by atoms with van der Waals surface area (Å²) in [7, 11) is 0. The molecule has 3 heterocycles. The first-order valence-electron chi connectivity index (χ1n) is 11.3. The number of aromatic nitrogens is 2. The summed E-state index contributed by atoms with van der Waals surface area (Å²) >= 11 is 0. The van der Waals surface area contributed by atoms with Gasteiger partial charge in [0.25, 0.3) is 0 Å². The molecule has 2 aliphatic heterocycles. The van der Waals surface area contributed by atoms with Crippen LogP contribution in [0.4, 0.5) is 31.1 Å². The van der Waals surface area contributed by atoms with E-state index in [2.05, 4.69) is 10.1 Å². The molecule has 0 saturated heterocycles. The number of nitrogens with zero attached hydrogens (tertiary/aromatic N) is 5. The zero-order valence-corrected chi connectivity index (χ0v) is 19.5. The largest absolute Gasteiger partial charge is 0.459 e. The maximum absolute atomic E-state index is 13.6. The van der Waals surface area contributed by atoms with Gasteiger partial charge in [0.2, 0.25) is 0 Å². The van der Waals surface area contributed by atoms with Crippen molar-refractivity contribution in [3.8, 4) is 0 Å². The molecule has 0 fully saturated rings. The number of carbonyl (C=O) groups excluding carboxylic acids is 1. The molecule has 0 bridgehead atoms. The van der Waals surface area contributed by atoms with Crippen molar-refractivity contribution in [2.75, 3.05) is 13.1 Å². The quantitative estimate of drug-likeness (QED) is 0.582. The van der Waals surface area contributed by atoms with Crippen molar-refractivity contribution < 1.29 is 36.2 Å². The lowest BCUT2D eigenvalue weighted by Gasteiger charge is -2.35. The summed E-state index contributed by atoms with van der Waals surface area (Å²) in [6.45, 7) is 1.85. The average Bonchev–Trinajstić information content (AvgIpc) is 3.30. The summed E-state index contributed by atoms with van der Waals surface area (Å²) in [5, 5.41) is 14.0. The predicted molar refractivity (Wildman–Crippen MR) is 122 cm³/mol. The fraction of sp³-hybridized carbons (Fsp3) is 0.375. The summed E-state index contributed by atoms with van der Waals surface area (Å²) in [5.74, 6) is -5.36. The second-order valence-electron chi connectivity index (χ2n) is 8.79. The zero-order chi connectivity index (χ0) is 27.0. The van der Waals surface area contributed by atoms with Crippen LogP contribution in [0.5, 0.6) is 0 Å². The topological polar surface area (TPSA) is 74.0 Å². The van der Waals surface area contributed by atoms with Crippen molar-refractivity contribution in [1.29, 1.82) is 0 Å². The van der Waals surface area contributed by atoms with Crippen LogP contribution >= 0.6 is 0 Å². The fourth-order valence-corrected chi connectivity index (χ4v) is 4.10. The molecule has 2 aliphatic rings. The van der Waals surface area contributed by atoms with Crippen molar-refractivity contribution in [2.24, 2.45) is 10.9 Å². The molecule has 1 aromatic heterocycles. The number of alkyl halides is 5. The van der Waals surface area contributed by atoms with Crippen molar-refractivity contribution in [1.82, 2.24) is 19.6 Å². The lowest BCUT2D eigenvalue weighted by molar-refractivity contribution is -0.291. The van der Waals surface area contributed by atoms with Crippen LogP contribution < -0.4 is 0 Å². The molecule has 37 heavy (non-hydrogen) atoms. The summed E-state index contributed by atoms with van der Waals surface area (Å²) in [4.78, 5) is 19.9. The van der Waals surface area contributed by atoms with E-state index in [0.717, 1.165) is 15.8 Å². The number of amides is 2. The van der Waals surface area contributed by atoms with E-state index >= 15 is 0 Å². The van der Waals surface area contributed by atoms with Crippen molar-refractivity contribution in [2.45, 2.75) is 38.2 Å². The van der Waals surface area contributed by atoms with Gasteiger partial charge in [-0.1, -0.05) is 31.2 Å². The van der Waals surface area contributed by atoms with Gasteiger partial charge >= 0.3 is 18.1 Å². The number of aliphatic imine (C=N–C) groups is 1. The van der Waals surface area contributed by atoms with Gasteiger partial charge in [0.05, 0.1) is 6.10 Å². The maximum Gasteiger partial charge on any atom is 0.459 e. The highest BCUT2D eigenvalue weighted by atomic mass is 19.4. The van der Waals surface area contributed by atoms with Crippen molar-refractivity contribution in [3.05, 3.63) is 72.0 Å². The number of rotatable bonds is 4. The normalized spacial score (nSPS) is 21.5. The first-order valence-corrected chi connectivity index (χ1v) is 11.3. The Morgan fingerprint density at radius 2 is 1.81 bits per heavy atom. The third kappa shape index (κ3) is 5.55. The standard InChI is InChI=1S/C24H23F6N5O2/c1-15-3-2-10-34(14-35-12-9-20(32-35)23(26,27)24(28,29)30)22(37)31-21(15)33-11-8-18(19(36)13-33)16-4-6-17(25)7-5-16/h2,4-10,12,15,19,36H,3,11,13-14H2,1H3. The fourth-order valence-electron chi connectivity index (χ4n) is 4.10. The summed E-state index contributed by atoms with van der Waals surface area (Å²) in [5.41, 5.74) is -0.193. The minimum absolute atomic E-state index is 0.123. The van der Waals surface area contributed by atoms with Crippen molar-refractivity contribution >= 4 is 17.4 Å². The van der Waals surface area contributed by atoms with Crippen LogP contribution in [0.2, 0.25) is 0 Å². The molecule has 1 N–H and O–H groups in total. The molecule has 2 unspecified atom stereocenters. The van der Waals surface area contributed by atoms with Gasteiger partial charge in [-0.25, -0.2) is 9.18 Å². The number of hydrogen-bond donors (Lipinski definition) is 1. The van der Waals surface area contributed by atoms with Crippen LogP contribution in [-0.4, -0.2) is 61.9 Å². The Balaban J connectivity index is 1.51. The highest BCUT2D eigenvalue weighted by molar-refractivity contribution is 5.96. The van der Waals surface area contributed by atoms with Gasteiger partial charge < -0.3 is 10.0 Å². The first kappa shape index (κ1) is 26.5. The number of benzene rings is 1. The molecule has 2 aromatic rings. The minimum Gasteiger partial charge on any atom is -0.387 e. The second kappa shape index (κ2) is 10.0. The van der Waals surface area contributed by atoms with Crippen LogP contribution in [0.1, 0.15) is 24.6 Å². The number of aliphatic hydroxyl groups excluding tert-OH is 1. The molecular weight excluding hydrogens is 504 g/mol. The Kier molecular flexibility index (Phi) is 7.18. The second-order valence-corrected chi connectivity index (χ2v) is 8.79. The lowest BCUT2D eigenvalue weighted by atomic mass is 9.95. The number of urea groups is 1. The van der Waals surface area contributed by atoms with E-state index in [1.807, 2.05) is 6.92 Å². The highest BCUT2D eigenvalue weighted by Gasteiger charge is 2.60. The highest BCUT2D eigenvalue weighted by Crippen LogP contribution is 2.42. The average molecular weight is 527 g/mol. The van der Waals surface area contributed by atoms with Gasteiger partial charge in [0.15, 0.2) is 0 Å². The van der Waals surface area contributed by atoms with Crippen LogP contribution in [0.3, 0.4) is 0 Å². The Bertz CT molecular complexity index is 1230. The number of aliphatic hydroxyl groups is 1. The van der Waals surface area contributed by atoms with Crippen LogP contribution in [0.15, 0.2) is 59.9 Å². The van der Waals surface area contributed by atoms with Crippen LogP contribution in [0, 0.1) is 11.7 Å². The predicted octanol–water partition coefficient (Wildman–Crippen LogP) is 4.77. The number of carbonyl (C=O) groups is 1. The van der Waals surface area contributed by atoms with E-state index in [1.54, 1.807) is 29.2 Å². The Hall–Kier alpha value is -3.61. The van der Waals surface area contributed by atoms with Gasteiger partial charge in [-0.2, -0.15) is 32.0 Å². The molecule has 2 atom stereocenters. The van der Waals surface area contributed by atoms with Gasteiger partial charge in [-0.15, -0.1) is 0 Å². The smallest absolute Gasteiger partial charge is 0.387 e. The van der Waals surface area contributed by atoms with Gasteiger partial charge in [0, 0.05) is 31.4 Å². The maximum atomic E-state index is 13.6. The molecule has 0 aliphatic carbocycles. The Labute approximate surface area is 208 Å². The summed E-state index contributed by atoms with van der Waals surface area (Å²) in [6.07, 6.45) is -0.572. The Morgan fingerprint density at radius 1 is 1.11 bits per heavy atom. The number of β-amino-alcohol motifs (C(OH)–C–C–N with tert-alkyl or cyclic N) is 1. The van der Waals surface area contributed by atoms with E-state index in [0.29, 0.717) is 36.0 Å². The third-order valence-corrected chi connectivity index (χ3v) is 6.07. The number of hydrogen-bond acceptors (Lipinski definition) is 4. The Morgan fingerprint density at radius 3 is 2.46 bits per heavy atom. The number of amidine groups is 1. The first-order chi connectivity index (χ1) is 17.4. The van der Waals surface area contributed by atoms with Crippen molar-refractivity contribution in [3.63, 3.8) is 0 Å². The lowest BCUT2D eigenvalue weighted by Crippen LogP contribution is -2.45. The SMILES string of the molecule is CC1CC=CN(Cn2ccc(C(F)(F)C(F)(F)F)n2)C(=O)N=C1N1CC=C(c2ccc(F)cc2)C(O)C1. The van der Waals surface area contributed by atoms with Crippen LogP contribution in [0.25, 0.3) is 5.57 Å². The van der Waals surface area contributed by atoms with Crippen LogP contribution in [-0.2, 0) is 12.6 Å². The summed E-state index contributed by atoms with van der Waals surface area (Å²) < 4.78 is 79.1. The third-order valence-electron chi connectivity index (χ3n) is 6.07. The molecule has 7 nitrogen and oxygen atoms in total. The van der Waals surface area contributed by atoms with Gasteiger partial charge in [-0.05, 0) is 35.8 Å². The van der Waals surface area contributed by atoms with E-state index in [1.165, 1.54) is 18.3 Å².